The van der Waals surface area contributed by atoms with Crippen molar-refractivity contribution in [2.24, 2.45) is 0 Å². The summed E-state index contributed by atoms with van der Waals surface area (Å²) in [7, 11) is 1.71. The molecule has 0 amide bonds. The molecule has 0 fully saturated rings. The Hall–Kier alpha value is -0.220. The maximum Gasteiger partial charge on any atom is 0.323 e. The van der Waals surface area contributed by atoms with Crippen LogP contribution in [0.25, 0.3) is 0 Å². The zero-order valence-electron chi connectivity index (χ0n) is 10.0. The first-order valence-corrected chi connectivity index (χ1v) is 6.72. The van der Waals surface area contributed by atoms with Crippen molar-refractivity contribution in [3.05, 3.63) is 0 Å². The Morgan fingerprint density at radius 1 is 1.40 bits per heavy atom. The molecule has 15 heavy (non-hydrogen) atoms. The molecule has 0 bridgehead atoms. The Morgan fingerprint density at radius 3 is 2.53 bits per heavy atom. The number of nitrogens with one attached hydrogen (secondary N) is 1. The second kappa shape index (κ2) is 7.99. The molecule has 3 nitrogen and oxygen atoms in total. The van der Waals surface area contributed by atoms with E-state index in [2.05, 4.69) is 12.2 Å². The lowest BCUT2D eigenvalue weighted by Gasteiger charge is -2.23. The zero-order valence-corrected chi connectivity index (χ0v) is 10.8. The van der Waals surface area contributed by atoms with Gasteiger partial charge in [0, 0.05) is 0 Å². The summed E-state index contributed by atoms with van der Waals surface area (Å²) < 4.78 is 0. The Balaban J connectivity index is 3.60. The van der Waals surface area contributed by atoms with Crippen LogP contribution in [0.2, 0.25) is 0 Å². The van der Waals surface area contributed by atoms with Crippen molar-refractivity contribution in [3.8, 4) is 0 Å². The summed E-state index contributed by atoms with van der Waals surface area (Å²) in [6.07, 6.45) is 4.00. The second-order valence-electron chi connectivity index (χ2n) is 3.96. The molecule has 0 aromatic rings. The SMILES string of the molecule is CCCSCCCCC(C)(NC)C(=O)O. The molecular weight excluding hydrogens is 210 g/mol. The number of carboxylic acid groups (broad SMARTS) is 1. The molecule has 90 valence electrons. The smallest absolute Gasteiger partial charge is 0.323 e. The first-order valence-electron chi connectivity index (χ1n) is 5.57. The molecule has 2 N–H and O–H groups in total. The quantitative estimate of drug-likeness (QED) is 0.600. The molecular formula is C11H23NO2S. The van der Waals surface area contributed by atoms with Gasteiger partial charge in [-0.2, -0.15) is 11.8 Å². The van der Waals surface area contributed by atoms with Crippen molar-refractivity contribution in [2.45, 2.75) is 45.1 Å². The molecule has 0 saturated carbocycles. The van der Waals surface area contributed by atoms with Gasteiger partial charge in [0.2, 0.25) is 0 Å². The summed E-state index contributed by atoms with van der Waals surface area (Å²) in [5.41, 5.74) is -0.755. The highest BCUT2D eigenvalue weighted by molar-refractivity contribution is 7.99. The van der Waals surface area contributed by atoms with Crippen molar-refractivity contribution in [2.75, 3.05) is 18.6 Å². The fourth-order valence-electron chi connectivity index (χ4n) is 1.27. The summed E-state index contributed by atoms with van der Waals surface area (Å²) in [4.78, 5) is 11.0. The molecule has 0 aromatic heterocycles. The average Bonchev–Trinajstić information content (AvgIpc) is 2.22. The molecule has 0 rings (SSSR count). The van der Waals surface area contributed by atoms with Crippen molar-refractivity contribution < 1.29 is 9.90 Å². The highest BCUT2D eigenvalue weighted by Gasteiger charge is 2.29. The highest BCUT2D eigenvalue weighted by atomic mass is 32.2. The maximum absolute atomic E-state index is 11.0. The minimum atomic E-state index is -0.758. The van der Waals surface area contributed by atoms with Crippen LogP contribution in [0.3, 0.4) is 0 Å². The van der Waals surface area contributed by atoms with Crippen LogP contribution in [0.15, 0.2) is 0 Å². The number of thioether (sulfide) groups is 1. The zero-order chi connectivity index (χ0) is 11.7. The minimum Gasteiger partial charge on any atom is -0.480 e. The largest absolute Gasteiger partial charge is 0.480 e. The lowest BCUT2D eigenvalue weighted by Crippen LogP contribution is -2.47. The normalized spacial score (nSPS) is 14.9. The van der Waals surface area contributed by atoms with Crippen molar-refractivity contribution >= 4 is 17.7 Å². The van der Waals surface area contributed by atoms with Gasteiger partial charge in [-0.3, -0.25) is 4.79 Å². The first kappa shape index (κ1) is 14.8. The number of rotatable bonds is 9. The fraction of sp³-hybridized carbons (Fsp3) is 0.909. The second-order valence-corrected chi connectivity index (χ2v) is 5.18. The van der Waals surface area contributed by atoms with Crippen molar-refractivity contribution in [1.82, 2.24) is 5.32 Å². The Kier molecular flexibility index (Phi) is 7.88. The molecule has 0 aliphatic carbocycles. The predicted octanol–water partition coefficient (Wildman–Crippen LogP) is 2.36. The van der Waals surface area contributed by atoms with Crippen LogP contribution in [0, 0.1) is 0 Å². The first-order chi connectivity index (χ1) is 7.06. The highest BCUT2D eigenvalue weighted by Crippen LogP contribution is 2.15. The van der Waals surface area contributed by atoms with E-state index >= 15 is 0 Å². The van der Waals surface area contributed by atoms with E-state index in [1.165, 1.54) is 12.2 Å². The van der Waals surface area contributed by atoms with Gasteiger partial charge in [0.25, 0.3) is 0 Å². The van der Waals surface area contributed by atoms with Crippen LogP contribution in [0.4, 0.5) is 0 Å². The molecule has 1 atom stereocenters. The van der Waals surface area contributed by atoms with Gasteiger partial charge in [-0.05, 0) is 44.7 Å². The van der Waals surface area contributed by atoms with Crippen LogP contribution in [-0.4, -0.2) is 35.2 Å². The molecule has 0 heterocycles. The summed E-state index contributed by atoms with van der Waals surface area (Å²) in [5.74, 6) is 1.60. The van der Waals surface area contributed by atoms with Crippen LogP contribution in [-0.2, 0) is 4.79 Å². The third-order valence-electron chi connectivity index (χ3n) is 2.59. The van der Waals surface area contributed by atoms with Gasteiger partial charge in [0.05, 0.1) is 0 Å². The van der Waals surface area contributed by atoms with Crippen LogP contribution >= 0.6 is 11.8 Å². The molecule has 4 heteroatoms. The van der Waals surface area contributed by atoms with E-state index in [0.717, 1.165) is 18.6 Å². The van der Waals surface area contributed by atoms with Gasteiger partial charge < -0.3 is 10.4 Å². The average molecular weight is 233 g/mol. The lowest BCUT2D eigenvalue weighted by atomic mass is 9.95. The number of hydrogen-bond donors (Lipinski definition) is 2. The molecule has 1 unspecified atom stereocenters. The summed E-state index contributed by atoms with van der Waals surface area (Å²) in [6.45, 7) is 3.92. The van der Waals surface area contributed by atoms with Crippen molar-refractivity contribution in [1.29, 1.82) is 0 Å². The van der Waals surface area contributed by atoms with Gasteiger partial charge in [0.1, 0.15) is 5.54 Å². The predicted molar refractivity (Wildman–Crippen MR) is 66.6 cm³/mol. The fourth-order valence-corrected chi connectivity index (χ4v) is 2.17. The standard InChI is InChI=1S/C11H23NO2S/c1-4-8-15-9-6-5-7-11(2,12-3)10(13)14/h12H,4-9H2,1-3H3,(H,13,14). The van der Waals surface area contributed by atoms with E-state index in [1.54, 1.807) is 14.0 Å². The summed E-state index contributed by atoms with van der Waals surface area (Å²) >= 11 is 1.95. The number of aliphatic carboxylic acids is 1. The van der Waals surface area contributed by atoms with E-state index in [4.69, 9.17) is 5.11 Å². The van der Waals surface area contributed by atoms with Crippen LogP contribution < -0.4 is 5.32 Å². The van der Waals surface area contributed by atoms with E-state index < -0.39 is 11.5 Å². The number of carboxylic acids is 1. The molecule has 0 saturated heterocycles. The number of carbonyl (C=O) groups is 1. The molecule has 0 aliphatic rings. The van der Waals surface area contributed by atoms with Gasteiger partial charge in [0.15, 0.2) is 0 Å². The van der Waals surface area contributed by atoms with E-state index in [-0.39, 0.29) is 0 Å². The van der Waals surface area contributed by atoms with Crippen LogP contribution in [0.5, 0.6) is 0 Å². The van der Waals surface area contributed by atoms with E-state index in [9.17, 15) is 4.79 Å². The summed E-state index contributed by atoms with van der Waals surface area (Å²) in [6, 6.07) is 0. The third kappa shape index (κ3) is 6.05. The van der Waals surface area contributed by atoms with E-state index in [1.807, 2.05) is 11.8 Å². The topological polar surface area (TPSA) is 49.3 Å². The molecule has 0 aliphatic heterocycles. The number of unbranched alkanes of at least 4 members (excludes halogenated alkanes) is 1. The van der Waals surface area contributed by atoms with Gasteiger partial charge in [-0.25, -0.2) is 0 Å². The Bertz CT molecular complexity index is 187. The molecule has 0 radical (unpaired) electrons. The van der Waals surface area contributed by atoms with E-state index in [0.29, 0.717) is 6.42 Å². The number of likely N-dealkylation sites (N-methyl/N-ethyl adjacent to an activating group) is 1. The maximum atomic E-state index is 11.0. The Labute approximate surface area is 97.0 Å². The molecule has 0 spiro atoms. The molecule has 0 aromatic carbocycles. The summed E-state index contributed by atoms with van der Waals surface area (Å²) in [5, 5.41) is 11.9. The van der Waals surface area contributed by atoms with Gasteiger partial charge >= 0.3 is 5.97 Å². The van der Waals surface area contributed by atoms with Crippen LogP contribution in [0.1, 0.15) is 39.5 Å². The minimum absolute atomic E-state index is 0.700. The lowest BCUT2D eigenvalue weighted by molar-refractivity contribution is -0.144. The third-order valence-corrected chi connectivity index (χ3v) is 3.86. The van der Waals surface area contributed by atoms with Crippen molar-refractivity contribution in [3.63, 3.8) is 0 Å². The Morgan fingerprint density at radius 2 is 2.07 bits per heavy atom. The van der Waals surface area contributed by atoms with Gasteiger partial charge in [-0.15, -0.1) is 0 Å². The monoisotopic (exact) mass is 233 g/mol. The van der Waals surface area contributed by atoms with Gasteiger partial charge in [-0.1, -0.05) is 13.3 Å². The number of hydrogen-bond acceptors (Lipinski definition) is 3.